The van der Waals surface area contributed by atoms with Gasteiger partial charge in [0, 0.05) is 0 Å². The Morgan fingerprint density at radius 3 is 0.862 bits per heavy atom. The van der Waals surface area contributed by atoms with Crippen molar-refractivity contribution in [1.82, 2.24) is 0 Å². The normalized spacial score (nSPS) is 11.7. The average Bonchev–Trinajstić information content (AvgIpc) is 3.23. The maximum absolute atomic E-state index is 2.44. The van der Waals surface area contributed by atoms with E-state index in [0.717, 1.165) is 0 Å². The molecular formula is C44H42B14. The zero-order chi connectivity index (χ0) is 41.2. The fraction of sp³-hybridized carbons (Fsp3) is 0. The topological polar surface area (TPSA) is 0 Å². The summed E-state index contributed by atoms with van der Waals surface area (Å²) in [4.78, 5) is 0. The van der Waals surface area contributed by atoms with E-state index >= 15 is 0 Å². The molecule has 0 bridgehead atoms. The minimum absolute atomic E-state index is 1.27. The van der Waals surface area contributed by atoms with E-state index in [9.17, 15) is 0 Å². The molecule has 0 aliphatic rings. The van der Waals surface area contributed by atoms with Crippen LogP contribution in [0.4, 0.5) is 0 Å². The van der Waals surface area contributed by atoms with Crippen LogP contribution in [0.15, 0.2) is 84.9 Å². The van der Waals surface area contributed by atoms with Crippen LogP contribution in [0.1, 0.15) is 0 Å². The van der Waals surface area contributed by atoms with Gasteiger partial charge in [-0.05, 0) is 99.4 Å². The highest BCUT2D eigenvalue weighted by Crippen LogP contribution is 2.43. The lowest BCUT2D eigenvalue weighted by Gasteiger charge is -2.31. The van der Waals surface area contributed by atoms with Gasteiger partial charge in [0.15, 0.2) is 0 Å². The monoisotopic (exact) mass is 724 g/mol. The number of fused-ring (bicyclic) bond motifs is 5. The molecule has 0 fully saturated rings. The second-order valence-electron chi connectivity index (χ2n) is 17.6. The van der Waals surface area contributed by atoms with Crippen molar-refractivity contribution in [2.24, 2.45) is 0 Å². The summed E-state index contributed by atoms with van der Waals surface area (Å²) in [6.45, 7) is 0. The van der Waals surface area contributed by atoms with Crippen LogP contribution in [0.5, 0.6) is 0 Å². The zero-order valence-corrected chi connectivity index (χ0v) is 37.1. The van der Waals surface area contributed by atoms with Gasteiger partial charge in [0.05, 0.1) is 0 Å². The maximum atomic E-state index is 2.44. The summed E-state index contributed by atoms with van der Waals surface area (Å²) in [5, 5.41) is 13.5. The Hall–Kier alpha value is -4.81. The van der Waals surface area contributed by atoms with E-state index in [-0.39, 0.29) is 0 Å². The van der Waals surface area contributed by atoms with Gasteiger partial charge < -0.3 is 0 Å². The summed E-state index contributed by atoms with van der Waals surface area (Å²) in [6, 6.07) is 31.8. The summed E-state index contributed by atoms with van der Waals surface area (Å²) < 4.78 is 0. The smallest absolute Gasteiger partial charge is 0.101 e. The third kappa shape index (κ3) is 5.35. The van der Waals surface area contributed by atoms with Crippen LogP contribution >= 0.6 is 0 Å². The molecule has 0 saturated heterocycles. The Morgan fingerprint density at radius 2 is 0.483 bits per heavy atom. The van der Waals surface area contributed by atoms with Crippen molar-refractivity contribution >= 4 is 240 Å². The molecule has 0 aliphatic heterocycles. The lowest BCUT2D eigenvalue weighted by molar-refractivity contribution is 1.72. The van der Waals surface area contributed by atoms with Crippen molar-refractivity contribution in [2.45, 2.75) is 0 Å². The van der Waals surface area contributed by atoms with Crippen LogP contribution in [0.3, 0.4) is 0 Å². The SMILES string of the molecule is Bc1c(B)c(B)c2c(-c3c4c(B)c(B)c(B)c(B)c4c(-c4ccc5ccccc5c4)c4c(B)c(B)c(B)c(B)c34)c(B)c(B)c(-c3ccc4ccccc4c3)c2c1B. The molecule has 9 aromatic rings. The molecule has 9 aromatic carbocycles. The molecule has 9 rings (SSSR count). The molecule has 0 saturated carbocycles. The van der Waals surface area contributed by atoms with Gasteiger partial charge in [-0.25, -0.2) is 0 Å². The van der Waals surface area contributed by atoms with Gasteiger partial charge in [-0.3, -0.25) is 0 Å². The molecular weight excluding hydrogens is 680 g/mol. The van der Waals surface area contributed by atoms with E-state index in [4.69, 9.17) is 0 Å². The van der Waals surface area contributed by atoms with Gasteiger partial charge >= 0.3 is 0 Å². The molecule has 0 aliphatic carbocycles. The quantitative estimate of drug-likeness (QED) is 0.126. The highest BCUT2D eigenvalue weighted by Gasteiger charge is 2.29. The van der Waals surface area contributed by atoms with Crippen LogP contribution in [-0.4, -0.2) is 110 Å². The van der Waals surface area contributed by atoms with E-state index in [1.54, 1.807) is 0 Å². The molecule has 0 spiro atoms. The van der Waals surface area contributed by atoms with E-state index in [1.807, 2.05) is 0 Å². The Bertz CT molecular complexity index is 3260. The number of hydrogen-bond donors (Lipinski definition) is 0. The van der Waals surface area contributed by atoms with Gasteiger partial charge in [0.1, 0.15) is 110 Å². The van der Waals surface area contributed by atoms with Crippen LogP contribution in [0, 0.1) is 0 Å². The molecule has 58 heavy (non-hydrogen) atoms. The van der Waals surface area contributed by atoms with E-state index in [2.05, 4.69) is 195 Å². The van der Waals surface area contributed by atoms with Gasteiger partial charge in [0.25, 0.3) is 0 Å². The van der Waals surface area contributed by atoms with Crippen molar-refractivity contribution in [3.63, 3.8) is 0 Å². The third-order valence-electron chi connectivity index (χ3n) is 15.2. The Morgan fingerprint density at radius 1 is 0.207 bits per heavy atom. The molecule has 14 heteroatoms. The zero-order valence-electron chi connectivity index (χ0n) is 37.1. The molecule has 0 amide bonds. The van der Waals surface area contributed by atoms with Crippen LogP contribution < -0.4 is 76.5 Å². The molecule has 0 N–H and O–H groups in total. The standard InChI is InChI=1S/C44H42B14/c45-31-22(20-12-10-16-6-2-4-8-18(16)14-20)26-30(38(52)44(58)41(55)35(26)49)29(32(31)46)23-27-24(33(47)39(53)42(56)36(27)50)21(19-11-9-15-5-1-3-7-17(15)13-19)25-28(23)37(51)43(57)40(54)34(25)48/h1-14H,45-58H2. The largest absolute Gasteiger partial charge is 0.139 e. The van der Waals surface area contributed by atoms with Gasteiger partial charge in [-0.1, -0.05) is 116 Å². The summed E-state index contributed by atoms with van der Waals surface area (Å²) in [5.74, 6) is 0. The number of benzene rings is 9. The first-order valence-electron chi connectivity index (χ1n) is 21.1. The highest BCUT2D eigenvalue weighted by molar-refractivity contribution is 6.73. The van der Waals surface area contributed by atoms with Gasteiger partial charge in [-0.15, -0.1) is 32.8 Å². The van der Waals surface area contributed by atoms with Gasteiger partial charge in [0.2, 0.25) is 0 Å². The highest BCUT2D eigenvalue weighted by atomic mass is 14.3. The lowest BCUT2D eigenvalue weighted by atomic mass is 9.57. The minimum atomic E-state index is 1.27. The van der Waals surface area contributed by atoms with Gasteiger partial charge in [-0.2, -0.15) is 0 Å². The number of hydrogen-bond acceptors (Lipinski definition) is 0. The fourth-order valence-electron chi connectivity index (χ4n) is 10.7. The lowest BCUT2D eigenvalue weighted by Crippen LogP contribution is -2.50. The van der Waals surface area contributed by atoms with Crippen molar-refractivity contribution in [1.29, 1.82) is 0 Å². The van der Waals surface area contributed by atoms with Crippen LogP contribution in [0.2, 0.25) is 0 Å². The molecule has 0 heterocycles. The summed E-state index contributed by atoms with van der Waals surface area (Å²) >= 11 is 0. The average molecular weight is 722 g/mol. The number of rotatable bonds is 3. The van der Waals surface area contributed by atoms with E-state index in [1.165, 1.54) is 164 Å². The molecule has 0 unspecified atom stereocenters. The van der Waals surface area contributed by atoms with E-state index < -0.39 is 0 Å². The summed E-state index contributed by atoms with van der Waals surface area (Å²) in [6.07, 6.45) is 0. The maximum Gasteiger partial charge on any atom is 0.139 e. The molecule has 0 radical (unpaired) electrons. The Kier molecular flexibility index (Phi) is 9.27. The molecule has 260 valence electrons. The molecule has 0 atom stereocenters. The Balaban J connectivity index is 1.60. The third-order valence-corrected chi connectivity index (χ3v) is 15.2. The second kappa shape index (κ2) is 13.9. The second-order valence-corrected chi connectivity index (χ2v) is 17.6. The fourth-order valence-corrected chi connectivity index (χ4v) is 10.7. The summed E-state index contributed by atoms with van der Waals surface area (Å²) in [5.41, 5.74) is 27.5. The van der Waals surface area contributed by atoms with E-state index in [0.29, 0.717) is 0 Å². The predicted octanol–water partition coefficient (Wildman–Crippen LogP) is -11.9. The first-order chi connectivity index (χ1) is 27.6. The van der Waals surface area contributed by atoms with Crippen molar-refractivity contribution < 1.29 is 0 Å². The Labute approximate surface area is 356 Å². The van der Waals surface area contributed by atoms with Crippen molar-refractivity contribution in [3.05, 3.63) is 84.9 Å². The first-order valence-corrected chi connectivity index (χ1v) is 21.1. The predicted molar refractivity (Wildman–Crippen MR) is 305 cm³/mol. The molecule has 0 aromatic heterocycles. The van der Waals surface area contributed by atoms with Crippen LogP contribution in [0.25, 0.3) is 87.2 Å². The summed E-state index contributed by atoms with van der Waals surface area (Å²) in [7, 11) is 33.2. The minimum Gasteiger partial charge on any atom is -0.101 e. The van der Waals surface area contributed by atoms with Crippen molar-refractivity contribution in [2.75, 3.05) is 0 Å². The van der Waals surface area contributed by atoms with Crippen molar-refractivity contribution in [3.8, 4) is 33.4 Å². The first kappa shape index (κ1) is 38.7. The molecule has 0 nitrogen and oxygen atoms in total. The van der Waals surface area contributed by atoms with Crippen LogP contribution in [-0.2, 0) is 0 Å².